The lowest BCUT2D eigenvalue weighted by atomic mass is 10.1. The van der Waals surface area contributed by atoms with Crippen molar-refractivity contribution in [2.24, 2.45) is 5.73 Å². The molecule has 0 rings (SSSR count). The van der Waals surface area contributed by atoms with Crippen molar-refractivity contribution in [2.45, 2.75) is 45.8 Å². The van der Waals surface area contributed by atoms with E-state index in [1.54, 1.807) is 27.7 Å². The number of carbonyl (C=O) groups is 2. The summed E-state index contributed by atoms with van der Waals surface area (Å²) in [4.78, 5) is 21.9. The van der Waals surface area contributed by atoms with E-state index in [2.05, 4.69) is 5.32 Å². The summed E-state index contributed by atoms with van der Waals surface area (Å²) in [5.74, 6) is -1.15. The molecule has 0 bridgehead atoms. The van der Waals surface area contributed by atoms with Crippen LogP contribution in [0.15, 0.2) is 11.8 Å². The van der Waals surface area contributed by atoms with E-state index in [0.29, 0.717) is 6.42 Å². The van der Waals surface area contributed by atoms with Gasteiger partial charge in [-0.2, -0.15) is 0 Å². The zero-order chi connectivity index (χ0) is 13.6. The first kappa shape index (κ1) is 15.3. The SMILES string of the molecule is CCC(NC(=O)OC(C)(C)C)C(N)=CC(=O)O. The Kier molecular flexibility index (Phi) is 5.50. The number of nitrogens with two attached hydrogens (primary N) is 1. The van der Waals surface area contributed by atoms with Gasteiger partial charge < -0.3 is 20.9 Å². The molecule has 1 amide bonds. The standard InChI is InChI=1S/C11H20N2O4/c1-5-8(7(12)6-9(14)15)13-10(16)17-11(2,3)4/h6,8H,5,12H2,1-4H3,(H,13,16)(H,14,15). The molecular weight excluding hydrogens is 224 g/mol. The molecule has 1 unspecified atom stereocenters. The summed E-state index contributed by atoms with van der Waals surface area (Å²) in [6, 6.07) is -0.541. The summed E-state index contributed by atoms with van der Waals surface area (Å²) in [7, 11) is 0. The van der Waals surface area contributed by atoms with E-state index < -0.39 is 23.7 Å². The van der Waals surface area contributed by atoms with Gasteiger partial charge in [0.05, 0.1) is 6.04 Å². The molecule has 1 atom stereocenters. The average Bonchev–Trinajstić information content (AvgIpc) is 2.09. The average molecular weight is 244 g/mol. The molecule has 0 heterocycles. The molecule has 6 nitrogen and oxygen atoms in total. The lowest BCUT2D eigenvalue weighted by Crippen LogP contribution is -2.41. The predicted octanol–water partition coefficient (Wildman–Crippen LogP) is 1.22. The number of amides is 1. The highest BCUT2D eigenvalue weighted by molar-refractivity contribution is 5.81. The maximum atomic E-state index is 11.5. The van der Waals surface area contributed by atoms with Gasteiger partial charge in [0.25, 0.3) is 0 Å². The van der Waals surface area contributed by atoms with Crippen LogP contribution in [-0.2, 0) is 9.53 Å². The Balaban J connectivity index is 4.51. The van der Waals surface area contributed by atoms with Crippen LogP contribution in [0, 0.1) is 0 Å². The number of nitrogens with one attached hydrogen (secondary N) is 1. The smallest absolute Gasteiger partial charge is 0.408 e. The maximum Gasteiger partial charge on any atom is 0.408 e. The molecule has 17 heavy (non-hydrogen) atoms. The van der Waals surface area contributed by atoms with Gasteiger partial charge in [0.2, 0.25) is 0 Å². The molecule has 0 saturated carbocycles. The first-order valence-corrected chi connectivity index (χ1v) is 5.35. The van der Waals surface area contributed by atoms with E-state index in [9.17, 15) is 9.59 Å². The number of hydrogen-bond donors (Lipinski definition) is 3. The van der Waals surface area contributed by atoms with E-state index in [1.165, 1.54) is 0 Å². The number of carboxylic acid groups (broad SMARTS) is 1. The number of carboxylic acids is 1. The Morgan fingerprint density at radius 2 is 2.00 bits per heavy atom. The lowest BCUT2D eigenvalue weighted by molar-refractivity contribution is -0.131. The Bertz CT molecular complexity index is 318. The highest BCUT2D eigenvalue weighted by Gasteiger charge is 2.20. The monoisotopic (exact) mass is 244 g/mol. The van der Waals surface area contributed by atoms with Crippen LogP contribution in [0.3, 0.4) is 0 Å². The molecular formula is C11H20N2O4. The number of alkyl carbamates (subject to hydrolysis) is 1. The Morgan fingerprint density at radius 1 is 1.47 bits per heavy atom. The molecule has 4 N–H and O–H groups in total. The third kappa shape index (κ3) is 7.21. The quantitative estimate of drug-likeness (QED) is 0.645. The summed E-state index contributed by atoms with van der Waals surface area (Å²) in [5, 5.41) is 11.1. The molecule has 0 aromatic heterocycles. The summed E-state index contributed by atoms with van der Waals surface area (Å²) in [5.41, 5.74) is 5.04. The van der Waals surface area contributed by atoms with E-state index in [1.807, 2.05) is 0 Å². The lowest BCUT2D eigenvalue weighted by Gasteiger charge is -2.23. The van der Waals surface area contributed by atoms with Crippen LogP contribution < -0.4 is 11.1 Å². The molecule has 0 spiro atoms. The molecule has 0 fully saturated rings. The zero-order valence-electron chi connectivity index (χ0n) is 10.6. The molecule has 0 aliphatic rings. The van der Waals surface area contributed by atoms with Crippen molar-refractivity contribution in [1.29, 1.82) is 0 Å². The van der Waals surface area contributed by atoms with Crippen molar-refractivity contribution in [3.05, 3.63) is 11.8 Å². The molecule has 6 heteroatoms. The molecule has 0 aliphatic heterocycles. The minimum Gasteiger partial charge on any atom is -0.478 e. The van der Waals surface area contributed by atoms with E-state index in [-0.39, 0.29) is 5.70 Å². The fourth-order valence-corrected chi connectivity index (χ4v) is 1.11. The van der Waals surface area contributed by atoms with Gasteiger partial charge in [-0.1, -0.05) is 6.92 Å². The Labute approximate surface area is 101 Å². The number of aliphatic carboxylic acids is 1. The molecule has 98 valence electrons. The van der Waals surface area contributed by atoms with Gasteiger partial charge in [-0.3, -0.25) is 0 Å². The number of hydrogen-bond acceptors (Lipinski definition) is 4. The second kappa shape index (κ2) is 6.12. The molecule has 0 aliphatic carbocycles. The Morgan fingerprint density at radius 3 is 2.35 bits per heavy atom. The van der Waals surface area contributed by atoms with Crippen LogP contribution in [0.2, 0.25) is 0 Å². The summed E-state index contributed by atoms with van der Waals surface area (Å²) in [6.45, 7) is 7.00. The number of carbonyl (C=O) groups excluding carboxylic acids is 1. The number of ether oxygens (including phenoxy) is 1. The normalized spacial score (nSPS) is 14.0. The van der Waals surface area contributed by atoms with Crippen LogP contribution in [-0.4, -0.2) is 28.8 Å². The predicted molar refractivity (Wildman–Crippen MR) is 63.4 cm³/mol. The third-order valence-corrected chi connectivity index (χ3v) is 1.79. The van der Waals surface area contributed by atoms with Gasteiger partial charge in [0.1, 0.15) is 5.60 Å². The van der Waals surface area contributed by atoms with E-state index in [4.69, 9.17) is 15.6 Å². The van der Waals surface area contributed by atoms with Gasteiger partial charge in [-0.15, -0.1) is 0 Å². The van der Waals surface area contributed by atoms with Crippen LogP contribution in [0.25, 0.3) is 0 Å². The van der Waals surface area contributed by atoms with Crippen LogP contribution in [0.4, 0.5) is 4.79 Å². The van der Waals surface area contributed by atoms with Gasteiger partial charge in [-0.25, -0.2) is 9.59 Å². The third-order valence-electron chi connectivity index (χ3n) is 1.79. The Hall–Kier alpha value is -1.72. The minimum atomic E-state index is -1.15. The van der Waals surface area contributed by atoms with Crippen molar-refractivity contribution in [1.82, 2.24) is 5.32 Å². The van der Waals surface area contributed by atoms with Gasteiger partial charge in [-0.05, 0) is 27.2 Å². The highest BCUT2D eigenvalue weighted by atomic mass is 16.6. The number of rotatable bonds is 4. The fraction of sp³-hybridized carbons (Fsp3) is 0.636. The van der Waals surface area contributed by atoms with Gasteiger partial charge >= 0.3 is 12.1 Å². The first-order chi connectivity index (χ1) is 7.65. The molecule has 0 aromatic carbocycles. The van der Waals surface area contributed by atoms with Crippen LogP contribution in [0.1, 0.15) is 34.1 Å². The summed E-state index contributed by atoms with van der Waals surface area (Å²) >= 11 is 0. The van der Waals surface area contributed by atoms with Crippen molar-refractivity contribution < 1.29 is 19.4 Å². The van der Waals surface area contributed by atoms with E-state index >= 15 is 0 Å². The van der Waals surface area contributed by atoms with Crippen molar-refractivity contribution in [3.8, 4) is 0 Å². The molecule has 0 aromatic rings. The van der Waals surface area contributed by atoms with Gasteiger partial charge in [0, 0.05) is 11.8 Å². The van der Waals surface area contributed by atoms with Crippen molar-refractivity contribution in [3.63, 3.8) is 0 Å². The molecule has 0 saturated heterocycles. The largest absolute Gasteiger partial charge is 0.478 e. The summed E-state index contributed by atoms with van der Waals surface area (Å²) < 4.78 is 5.04. The zero-order valence-corrected chi connectivity index (χ0v) is 10.6. The topological polar surface area (TPSA) is 102 Å². The first-order valence-electron chi connectivity index (χ1n) is 5.35. The maximum absolute atomic E-state index is 11.5. The second-order valence-electron chi connectivity index (χ2n) is 4.59. The summed E-state index contributed by atoms with van der Waals surface area (Å²) in [6.07, 6.45) is 0.728. The van der Waals surface area contributed by atoms with Crippen LogP contribution >= 0.6 is 0 Å². The van der Waals surface area contributed by atoms with E-state index in [0.717, 1.165) is 6.08 Å². The fourth-order valence-electron chi connectivity index (χ4n) is 1.11. The molecule has 0 radical (unpaired) electrons. The minimum absolute atomic E-state index is 0.0888. The van der Waals surface area contributed by atoms with Gasteiger partial charge in [0.15, 0.2) is 0 Å². The van der Waals surface area contributed by atoms with Crippen molar-refractivity contribution >= 4 is 12.1 Å². The second-order valence-corrected chi connectivity index (χ2v) is 4.59. The van der Waals surface area contributed by atoms with Crippen LogP contribution in [0.5, 0.6) is 0 Å². The highest BCUT2D eigenvalue weighted by Crippen LogP contribution is 2.08. The van der Waals surface area contributed by atoms with Crippen molar-refractivity contribution in [2.75, 3.05) is 0 Å².